The lowest BCUT2D eigenvalue weighted by molar-refractivity contribution is 0.0729. The predicted molar refractivity (Wildman–Crippen MR) is 118 cm³/mol. The van der Waals surface area contributed by atoms with Gasteiger partial charge in [0.1, 0.15) is 26.4 Å². The van der Waals surface area contributed by atoms with Gasteiger partial charge in [-0.1, -0.05) is 13.8 Å². The molecule has 170 valence electrons. The highest BCUT2D eigenvalue weighted by atomic mass is 16.6. The van der Waals surface area contributed by atoms with Crippen LogP contribution in [0.15, 0.2) is 36.4 Å². The van der Waals surface area contributed by atoms with Crippen molar-refractivity contribution in [3.05, 3.63) is 47.5 Å². The van der Waals surface area contributed by atoms with Gasteiger partial charge in [-0.15, -0.1) is 0 Å². The largest absolute Gasteiger partial charge is 0.486 e. The number of hydrogen-bond donors (Lipinski definition) is 1. The molecule has 2 amide bonds. The Hall–Kier alpha value is -3.42. The van der Waals surface area contributed by atoms with Crippen molar-refractivity contribution >= 4 is 11.8 Å². The summed E-state index contributed by atoms with van der Waals surface area (Å²) in [6.45, 7) is 6.82. The highest BCUT2D eigenvalue weighted by Gasteiger charge is 2.26. The van der Waals surface area contributed by atoms with E-state index in [4.69, 9.17) is 18.9 Å². The molecule has 1 N–H and O–H groups in total. The first kappa shape index (κ1) is 21.8. The van der Waals surface area contributed by atoms with Crippen molar-refractivity contribution in [1.29, 1.82) is 0 Å². The quantitative estimate of drug-likeness (QED) is 0.744. The van der Waals surface area contributed by atoms with Crippen LogP contribution in [0.4, 0.5) is 0 Å². The lowest BCUT2D eigenvalue weighted by Gasteiger charge is -2.31. The molecule has 0 aromatic heterocycles. The Morgan fingerprint density at radius 1 is 0.844 bits per heavy atom. The second-order valence-electron chi connectivity index (χ2n) is 8.72. The van der Waals surface area contributed by atoms with E-state index in [1.54, 1.807) is 48.3 Å². The molecule has 4 rings (SSSR count). The molecule has 8 heteroatoms. The Balaban J connectivity index is 1.34. The molecule has 2 aromatic rings. The molecule has 0 aliphatic carbocycles. The third kappa shape index (κ3) is 4.90. The highest BCUT2D eigenvalue weighted by molar-refractivity contribution is 5.95. The Morgan fingerprint density at radius 2 is 1.34 bits per heavy atom. The first-order valence-corrected chi connectivity index (χ1v) is 10.7. The van der Waals surface area contributed by atoms with Crippen LogP contribution in [0.2, 0.25) is 0 Å². The van der Waals surface area contributed by atoms with Crippen LogP contribution in [0.5, 0.6) is 23.0 Å². The average molecular weight is 440 g/mol. The molecule has 2 heterocycles. The van der Waals surface area contributed by atoms with Crippen LogP contribution in [0, 0.1) is 5.41 Å². The van der Waals surface area contributed by atoms with Gasteiger partial charge in [0.2, 0.25) is 0 Å². The molecule has 0 fully saturated rings. The van der Waals surface area contributed by atoms with Gasteiger partial charge >= 0.3 is 0 Å². The summed E-state index contributed by atoms with van der Waals surface area (Å²) in [5.74, 6) is 2.14. The molecule has 0 atom stereocenters. The van der Waals surface area contributed by atoms with Crippen molar-refractivity contribution < 1.29 is 28.5 Å². The molecule has 0 saturated heterocycles. The summed E-state index contributed by atoms with van der Waals surface area (Å²) in [6.07, 6.45) is 0. The smallest absolute Gasteiger partial charge is 0.253 e. The zero-order valence-electron chi connectivity index (χ0n) is 18.6. The fourth-order valence-corrected chi connectivity index (χ4v) is 3.77. The van der Waals surface area contributed by atoms with Gasteiger partial charge in [0, 0.05) is 31.3 Å². The molecular weight excluding hydrogens is 412 g/mol. The maximum atomic E-state index is 12.9. The van der Waals surface area contributed by atoms with E-state index in [0.29, 0.717) is 73.6 Å². The van der Waals surface area contributed by atoms with Gasteiger partial charge in [-0.3, -0.25) is 9.59 Å². The normalized spacial score (nSPS) is 14.5. The van der Waals surface area contributed by atoms with E-state index in [1.165, 1.54) is 0 Å². The van der Waals surface area contributed by atoms with E-state index in [0.717, 1.165) is 0 Å². The van der Waals surface area contributed by atoms with E-state index >= 15 is 0 Å². The molecule has 0 unspecified atom stereocenters. The summed E-state index contributed by atoms with van der Waals surface area (Å²) in [6, 6.07) is 10.4. The third-order valence-corrected chi connectivity index (χ3v) is 5.33. The van der Waals surface area contributed by atoms with Gasteiger partial charge in [-0.2, -0.15) is 0 Å². The van der Waals surface area contributed by atoms with Crippen LogP contribution in [-0.4, -0.2) is 63.3 Å². The van der Waals surface area contributed by atoms with Crippen molar-refractivity contribution in [1.82, 2.24) is 10.2 Å². The van der Waals surface area contributed by atoms with Gasteiger partial charge in [-0.05, 0) is 41.8 Å². The van der Waals surface area contributed by atoms with E-state index < -0.39 is 0 Å². The second-order valence-corrected chi connectivity index (χ2v) is 8.72. The Kier molecular flexibility index (Phi) is 6.12. The third-order valence-electron chi connectivity index (χ3n) is 5.33. The standard InChI is InChI=1S/C24H28N2O6/c1-24(2,14-25-22(27)16-4-6-18-20(12-16)31-10-8-29-18)15-26(3)23(28)17-5-7-19-21(13-17)32-11-9-30-19/h4-7,12-13H,8-11,14-15H2,1-3H3,(H,25,27). The molecule has 2 aliphatic heterocycles. The molecule has 0 spiro atoms. The van der Waals surface area contributed by atoms with Crippen molar-refractivity contribution in [3.8, 4) is 23.0 Å². The number of rotatable bonds is 6. The number of fused-ring (bicyclic) bond motifs is 2. The molecule has 32 heavy (non-hydrogen) atoms. The Morgan fingerprint density at radius 3 is 1.94 bits per heavy atom. The van der Waals surface area contributed by atoms with Crippen molar-refractivity contribution in [2.24, 2.45) is 5.41 Å². The first-order valence-electron chi connectivity index (χ1n) is 10.7. The van der Waals surface area contributed by atoms with Gasteiger partial charge < -0.3 is 29.2 Å². The van der Waals surface area contributed by atoms with Crippen LogP contribution < -0.4 is 24.3 Å². The summed E-state index contributed by atoms with van der Waals surface area (Å²) in [7, 11) is 1.75. The Bertz CT molecular complexity index is 1020. The number of benzene rings is 2. The van der Waals surface area contributed by atoms with E-state index in [2.05, 4.69) is 5.32 Å². The number of carbonyl (C=O) groups excluding carboxylic acids is 2. The number of ether oxygens (including phenoxy) is 4. The number of carbonyl (C=O) groups is 2. The van der Waals surface area contributed by atoms with Crippen LogP contribution in [-0.2, 0) is 0 Å². The number of hydrogen-bond acceptors (Lipinski definition) is 6. The fourth-order valence-electron chi connectivity index (χ4n) is 3.77. The van der Waals surface area contributed by atoms with Crippen LogP contribution in [0.3, 0.4) is 0 Å². The maximum absolute atomic E-state index is 12.9. The van der Waals surface area contributed by atoms with E-state index in [9.17, 15) is 9.59 Å². The molecule has 2 aromatic carbocycles. The maximum Gasteiger partial charge on any atom is 0.253 e. The highest BCUT2D eigenvalue weighted by Crippen LogP contribution is 2.32. The predicted octanol–water partition coefficient (Wildman–Crippen LogP) is 2.76. The van der Waals surface area contributed by atoms with Gasteiger partial charge in [0.15, 0.2) is 23.0 Å². The summed E-state index contributed by atoms with van der Waals surface area (Å²) in [5, 5.41) is 2.96. The lowest BCUT2D eigenvalue weighted by atomic mass is 9.92. The summed E-state index contributed by atoms with van der Waals surface area (Å²) in [4.78, 5) is 27.2. The first-order chi connectivity index (χ1) is 15.3. The zero-order chi connectivity index (χ0) is 22.7. The van der Waals surface area contributed by atoms with Gasteiger partial charge in [0.25, 0.3) is 11.8 Å². The molecule has 0 radical (unpaired) electrons. The van der Waals surface area contributed by atoms with Gasteiger partial charge in [0.05, 0.1) is 0 Å². The summed E-state index contributed by atoms with van der Waals surface area (Å²) >= 11 is 0. The van der Waals surface area contributed by atoms with Gasteiger partial charge in [-0.25, -0.2) is 0 Å². The van der Waals surface area contributed by atoms with Crippen molar-refractivity contribution in [3.63, 3.8) is 0 Å². The summed E-state index contributed by atoms with van der Waals surface area (Å²) < 4.78 is 22.1. The molecule has 2 aliphatic rings. The minimum Gasteiger partial charge on any atom is -0.486 e. The fraction of sp³-hybridized carbons (Fsp3) is 0.417. The van der Waals surface area contributed by atoms with E-state index in [-0.39, 0.29) is 17.2 Å². The number of nitrogens with one attached hydrogen (secondary N) is 1. The second kappa shape index (κ2) is 8.98. The van der Waals surface area contributed by atoms with Crippen molar-refractivity contribution in [2.45, 2.75) is 13.8 Å². The topological polar surface area (TPSA) is 86.3 Å². The number of nitrogens with zero attached hydrogens (tertiary/aromatic N) is 1. The number of amides is 2. The molecule has 8 nitrogen and oxygen atoms in total. The summed E-state index contributed by atoms with van der Waals surface area (Å²) in [5.41, 5.74) is 0.695. The monoisotopic (exact) mass is 440 g/mol. The van der Waals surface area contributed by atoms with E-state index in [1.807, 2.05) is 13.8 Å². The SMILES string of the molecule is CN(CC(C)(C)CNC(=O)c1ccc2c(c1)OCCO2)C(=O)c1ccc2c(c1)OCCO2. The molecular formula is C24H28N2O6. The minimum absolute atomic E-state index is 0.117. The van der Waals surface area contributed by atoms with Crippen LogP contribution in [0.1, 0.15) is 34.6 Å². The van der Waals surface area contributed by atoms with Crippen LogP contribution >= 0.6 is 0 Å². The average Bonchev–Trinajstić information content (AvgIpc) is 2.81. The minimum atomic E-state index is -0.346. The Labute approximate surface area is 187 Å². The molecule has 0 saturated carbocycles. The lowest BCUT2D eigenvalue weighted by Crippen LogP contribution is -2.42. The zero-order valence-corrected chi connectivity index (χ0v) is 18.6. The van der Waals surface area contributed by atoms with Crippen LogP contribution in [0.25, 0.3) is 0 Å². The van der Waals surface area contributed by atoms with Crippen molar-refractivity contribution in [2.75, 3.05) is 46.6 Å². The molecule has 0 bridgehead atoms.